The maximum atomic E-state index is 12.4. The van der Waals surface area contributed by atoms with E-state index in [0.29, 0.717) is 30.2 Å². The third kappa shape index (κ3) is 3.49. The Morgan fingerprint density at radius 1 is 1.40 bits per heavy atom. The molecule has 0 aliphatic carbocycles. The first-order valence-corrected chi connectivity index (χ1v) is 6.79. The molecule has 1 N–H and O–H groups in total. The van der Waals surface area contributed by atoms with E-state index in [1.807, 2.05) is 4.90 Å². The Balaban J connectivity index is 2.11. The lowest BCUT2D eigenvalue weighted by atomic mass is 10.1. The quantitative estimate of drug-likeness (QED) is 0.824. The number of likely N-dealkylation sites (tertiary alicyclic amines) is 1. The molecule has 0 radical (unpaired) electrons. The van der Waals surface area contributed by atoms with Gasteiger partial charge in [-0.3, -0.25) is 9.69 Å². The predicted molar refractivity (Wildman–Crippen MR) is 75.6 cm³/mol. The van der Waals surface area contributed by atoms with Gasteiger partial charge in [-0.25, -0.2) is 0 Å². The summed E-state index contributed by atoms with van der Waals surface area (Å²) in [7, 11) is 3.11. The minimum Gasteiger partial charge on any atom is -0.497 e. The standard InChI is InChI=1S/C15H21NO4/c1-19-12-5-6-15(20-2)13(8-12)14(18)10-16-7-3-4-11(17)9-16/h5-6,8,11,17H,3-4,7,9-10H2,1-2H3. The van der Waals surface area contributed by atoms with Gasteiger partial charge in [-0.2, -0.15) is 0 Å². The number of ketones is 1. The number of nitrogens with zero attached hydrogens (tertiary/aromatic N) is 1. The van der Waals surface area contributed by atoms with Crippen molar-refractivity contribution >= 4 is 5.78 Å². The fourth-order valence-corrected chi connectivity index (χ4v) is 2.49. The van der Waals surface area contributed by atoms with Crippen molar-refractivity contribution in [1.29, 1.82) is 0 Å². The molecule has 2 rings (SSSR count). The highest BCUT2D eigenvalue weighted by Gasteiger charge is 2.22. The van der Waals surface area contributed by atoms with Crippen LogP contribution in [0.4, 0.5) is 0 Å². The molecule has 0 amide bonds. The number of rotatable bonds is 5. The van der Waals surface area contributed by atoms with Crippen molar-refractivity contribution in [1.82, 2.24) is 4.90 Å². The number of hydrogen-bond donors (Lipinski definition) is 1. The van der Waals surface area contributed by atoms with Crippen LogP contribution >= 0.6 is 0 Å². The summed E-state index contributed by atoms with van der Waals surface area (Å²) in [6.45, 7) is 1.69. The van der Waals surface area contributed by atoms with Crippen LogP contribution in [0.3, 0.4) is 0 Å². The SMILES string of the molecule is COc1ccc(OC)c(C(=O)CN2CCCC(O)C2)c1. The van der Waals surface area contributed by atoms with Gasteiger partial charge in [-0.15, -0.1) is 0 Å². The van der Waals surface area contributed by atoms with Crippen LogP contribution in [-0.4, -0.2) is 55.7 Å². The van der Waals surface area contributed by atoms with Crippen LogP contribution < -0.4 is 9.47 Å². The van der Waals surface area contributed by atoms with Crippen LogP contribution in [0.2, 0.25) is 0 Å². The Hall–Kier alpha value is -1.59. The van der Waals surface area contributed by atoms with E-state index < -0.39 is 0 Å². The summed E-state index contributed by atoms with van der Waals surface area (Å²) in [4.78, 5) is 14.4. The van der Waals surface area contributed by atoms with Gasteiger partial charge in [0.15, 0.2) is 5.78 Å². The Labute approximate surface area is 119 Å². The summed E-state index contributed by atoms with van der Waals surface area (Å²) < 4.78 is 10.4. The summed E-state index contributed by atoms with van der Waals surface area (Å²) in [5, 5.41) is 9.65. The highest BCUT2D eigenvalue weighted by atomic mass is 16.5. The van der Waals surface area contributed by atoms with E-state index in [1.54, 1.807) is 32.4 Å². The summed E-state index contributed by atoms with van der Waals surface area (Å²) in [5.41, 5.74) is 0.520. The number of hydrogen-bond acceptors (Lipinski definition) is 5. The van der Waals surface area contributed by atoms with Gasteiger partial charge in [0.05, 0.1) is 32.4 Å². The van der Waals surface area contributed by atoms with Gasteiger partial charge >= 0.3 is 0 Å². The van der Waals surface area contributed by atoms with Gasteiger partial charge in [0.2, 0.25) is 0 Å². The number of carbonyl (C=O) groups excluding carboxylic acids is 1. The molecule has 5 nitrogen and oxygen atoms in total. The maximum Gasteiger partial charge on any atom is 0.180 e. The van der Waals surface area contributed by atoms with Gasteiger partial charge in [0.1, 0.15) is 11.5 Å². The molecular weight excluding hydrogens is 258 g/mol. The molecule has 1 aliphatic rings. The van der Waals surface area contributed by atoms with Gasteiger partial charge < -0.3 is 14.6 Å². The van der Waals surface area contributed by atoms with Crippen molar-refractivity contribution < 1.29 is 19.4 Å². The van der Waals surface area contributed by atoms with E-state index in [-0.39, 0.29) is 11.9 Å². The van der Waals surface area contributed by atoms with Crippen molar-refractivity contribution in [3.8, 4) is 11.5 Å². The molecule has 1 heterocycles. The normalized spacial score (nSPS) is 19.6. The lowest BCUT2D eigenvalue weighted by Crippen LogP contribution is -2.41. The number of methoxy groups -OCH3 is 2. The molecule has 1 aromatic rings. The molecule has 110 valence electrons. The van der Waals surface area contributed by atoms with E-state index in [2.05, 4.69) is 0 Å². The van der Waals surface area contributed by atoms with E-state index in [9.17, 15) is 9.90 Å². The molecule has 0 saturated carbocycles. The first kappa shape index (κ1) is 14.8. The second kappa shape index (κ2) is 6.72. The van der Waals surface area contributed by atoms with Crippen LogP contribution in [0.5, 0.6) is 11.5 Å². The number of benzene rings is 1. The highest BCUT2D eigenvalue weighted by Crippen LogP contribution is 2.25. The predicted octanol–water partition coefficient (Wildman–Crippen LogP) is 1.34. The molecule has 0 bridgehead atoms. The molecule has 1 unspecified atom stereocenters. The Morgan fingerprint density at radius 2 is 2.20 bits per heavy atom. The molecular formula is C15H21NO4. The van der Waals surface area contributed by atoms with Crippen molar-refractivity contribution in [2.75, 3.05) is 33.9 Å². The Morgan fingerprint density at radius 3 is 2.85 bits per heavy atom. The second-order valence-electron chi connectivity index (χ2n) is 5.02. The topological polar surface area (TPSA) is 59.0 Å². The fraction of sp³-hybridized carbons (Fsp3) is 0.533. The molecule has 1 aromatic carbocycles. The first-order chi connectivity index (χ1) is 9.63. The van der Waals surface area contributed by atoms with Crippen LogP contribution in [0, 0.1) is 0 Å². The number of aliphatic hydroxyl groups is 1. The fourth-order valence-electron chi connectivity index (χ4n) is 2.49. The van der Waals surface area contributed by atoms with Gasteiger partial charge in [-0.05, 0) is 37.6 Å². The molecule has 0 aromatic heterocycles. The van der Waals surface area contributed by atoms with E-state index in [0.717, 1.165) is 19.4 Å². The lowest BCUT2D eigenvalue weighted by Gasteiger charge is -2.29. The summed E-state index contributed by atoms with van der Waals surface area (Å²) in [6.07, 6.45) is 1.40. The van der Waals surface area contributed by atoms with Crippen molar-refractivity contribution in [2.24, 2.45) is 0 Å². The first-order valence-electron chi connectivity index (χ1n) is 6.79. The number of aliphatic hydroxyl groups excluding tert-OH is 1. The number of Topliss-reactive ketones (excluding diaryl/α,β-unsaturated/α-hetero) is 1. The van der Waals surface area contributed by atoms with Crippen molar-refractivity contribution in [3.05, 3.63) is 23.8 Å². The van der Waals surface area contributed by atoms with Gasteiger partial charge in [0, 0.05) is 6.54 Å². The zero-order chi connectivity index (χ0) is 14.5. The largest absolute Gasteiger partial charge is 0.497 e. The van der Waals surface area contributed by atoms with Crippen molar-refractivity contribution in [2.45, 2.75) is 18.9 Å². The molecule has 1 aliphatic heterocycles. The average molecular weight is 279 g/mol. The summed E-state index contributed by atoms with van der Waals surface area (Å²) >= 11 is 0. The highest BCUT2D eigenvalue weighted by molar-refractivity contribution is 6.00. The minimum absolute atomic E-state index is 0.0187. The minimum atomic E-state index is -0.330. The number of piperidine rings is 1. The van der Waals surface area contributed by atoms with Crippen molar-refractivity contribution in [3.63, 3.8) is 0 Å². The van der Waals surface area contributed by atoms with E-state index >= 15 is 0 Å². The van der Waals surface area contributed by atoms with Crippen LogP contribution in [0.15, 0.2) is 18.2 Å². The average Bonchev–Trinajstić information content (AvgIpc) is 2.46. The van der Waals surface area contributed by atoms with E-state index in [1.165, 1.54) is 0 Å². The number of carbonyl (C=O) groups is 1. The monoisotopic (exact) mass is 279 g/mol. The summed E-state index contributed by atoms with van der Waals surface area (Å²) in [6, 6.07) is 5.19. The van der Waals surface area contributed by atoms with Crippen LogP contribution in [0.25, 0.3) is 0 Å². The Kier molecular flexibility index (Phi) is 4.98. The molecule has 20 heavy (non-hydrogen) atoms. The third-order valence-electron chi connectivity index (χ3n) is 3.55. The molecule has 0 spiro atoms. The second-order valence-corrected chi connectivity index (χ2v) is 5.02. The van der Waals surface area contributed by atoms with Gasteiger partial charge in [-0.1, -0.05) is 0 Å². The smallest absolute Gasteiger partial charge is 0.180 e. The molecule has 1 atom stereocenters. The lowest BCUT2D eigenvalue weighted by molar-refractivity contribution is 0.0633. The Bertz CT molecular complexity index is 475. The number of ether oxygens (including phenoxy) is 2. The van der Waals surface area contributed by atoms with E-state index in [4.69, 9.17) is 9.47 Å². The van der Waals surface area contributed by atoms with Crippen LogP contribution in [-0.2, 0) is 0 Å². The third-order valence-corrected chi connectivity index (χ3v) is 3.55. The maximum absolute atomic E-state index is 12.4. The van der Waals surface area contributed by atoms with Gasteiger partial charge in [0.25, 0.3) is 0 Å². The number of β-amino-alcohol motifs (C(OH)–C–C–N with tert-alkyl or cyclic N) is 1. The zero-order valence-electron chi connectivity index (χ0n) is 12.0. The summed E-state index contributed by atoms with van der Waals surface area (Å²) in [5.74, 6) is 1.16. The zero-order valence-corrected chi connectivity index (χ0v) is 12.0. The molecule has 5 heteroatoms. The molecule has 1 saturated heterocycles. The van der Waals surface area contributed by atoms with Crippen LogP contribution in [0.1, 0.15) is 23.2 Å². The molecule has 1 fully saturated rings.